The molecule has 3 aromatic rings. The van der Waals surface area contributed by atoms with Gasteiger partial charge in [-0.3, -0.25) is 14.7 Å². The number of nitrogens with zero attached hydrogens (tertiary/aromatic N) is 5. The van der Waals surface area contributed by atoms with Gasteiger partial charge in [-0.2, -0.15) is 4.98 Å². The highest BCUT2D eigenvalue weighted by atomic mass is 16.5. The lowest BCUT2D eigenvalue weighted by Crippen LogP contribution is -2.28. The van der Waals surface area contributed by atoms with Crippen LogP contribution >= 0.6 is 0 Å². The maximum Gasteiger partial charge on any atom is 0.282 e. The van der Waals surface area contributed by atoms with Crippen LogP contribution in [0.4, 0.5) is 5.82 Å². The molecule has 1 unspecified atom stereocenters. The topological polar surface area (TPSA) is 101 Å². The molecule has 1 amide bonds. The van der Waals surface area contributed by atoms with Crippen molar-refractivity contribution in [2.75, 3.05) is 12.0 Å². The van der Waals surface area contributed by atoms with E-state index in [4.69, 9.17) is 4.74 Å². The van der Waals surface area contributed by atoms with Gasteiger partial charge in [0.2, 0.25) is 5.88 Å². The predicted octanol–water partition coefficient (Wildman–Crippen LogP) is 1.08. The lowest BCUT2D eigenvalue weighted by atomic mass is 10.3. The average Bonchev–Trinajstić information content (AvgIpc) is 2.85. The summed E-state index contributed by atoms with van der Waals surface area (Å²) in [6, 6.07) is 6.96. The number of ether oxygens (including phenoxy) is 1. The average molecular weight is 309 g/mol. The minimum Gasteiger partial charge on any atom is -0.481 e. The Labute approximate surface area is 130 Å². The van der Waals surface area contributed by atoms with Gasteiger partial charge < -0.3 is 9.84 Å². The zero-order chi connectivity index (χ0) is 16.0. The summed E-state index contributed by atoms with van der Waals surface area (Å²) in [7, 11) is 1.51. The third-order valence-corrected chi connectivity index (χ3v) is 3.61. The Balaban J connectivity index is 1.82. The highest BCUT2D eigenvalue weighted by Gasteiger charge is 2.39. The van der Waals surface area contributed by atoms with E-state index in [-0.39, 0.29) is 17.2 Å². The van der Waals surface area contributed by atoms with Gasteiger partial charge in [0.05, 0.1) is 7.11 Å². The van der Waals surface area contributed by atoms with Crippen molar-refractivity contribution in [1.82, 2.24) is 19.9 Å². The Morgan fingerprint density at radius 1 is 1.13 bits per heavy atom. The van der Waals surface area contributed by atoms with Gasteiger partial charge in [0.25, 0.3) is 5.91 Å². The Morgan fingerprint density at radius 3 is 2.70 bits per heavy atom. The number of amides is 1. The van der Waals surface area contributed by atoms with E-state index in [1.54, 1.807) is 18.2 Å². The fourth-order valence-corrected chi connectivity index (χ4v) is 2.50. The van der Waals surface area contributed by atoms with Crippen molar-refractivity contribution in [3.05, 3.63) is 48.0 Å². The molecule has 23 heavy (non-hydrogen) atoms. The van der Waals surface area contributed by atoms with Crippen LogP contribution < -0.4 is 9.64 Å². The van der Waals surface area contributed by atoms with E-state index in [2.05, 4.69) is 19.9 Å². The molecule has 0 aliphatic carbocycles. The molecule has 8 nitrogen and oxygen atoms in total. The van der Waals surface area contributed by atoms with E-state index < -0.39 is 12.1 Å². The van der Waals surface area contributed by atoms with Crippen molar-refractivity contribution in [1.29, 1.82) is 0 Å². The van der Waals surface area contributed by atoms with Gasteiger partial charge in [-0.1, -0.05) is 0 Å². The number of carbonyl (C=O) groups excluding carboxylic acids is 1. The second-order valence-electron chi connectivity index (χ2n) is 4.91. The number of carbonyl (C=O) groups is 1. The summed E-state index contributed by atoms with van der Waals surface area (Å²) in [6.07, 6.45) is 1.62. The van der Waals surface area contributed by atoms with Crippen molar-refractivity contribution in [3.63, 3.8) is 0 Å². The predicted molar refractivity (Wildman–Crippen MR) is 79.9 cm³/mol. The minimum absolute atomic E-state index is 0.125. The summed E-state index contributed by atoms with van der Waals surface area (Å²) in [4.78, 5) is 30.2. The summed E-state index contributed by atoms with van der Waals surface area (Å²) >= 11 is 0. The fourth-order valence-electron chi connectivity index (χ4n) is 2.50. The van der Waals surface area contributed by atoms with Crippen molar-refractivity contribution in [3.8, 4) is 5.88 Å². The zero-order valence-corrected chi connectivity index (χ0v) is 12.0. The molecule has 114 valence electrons. The number of aromatic nitrogens is 4. The molecule has 1 aliphatic heterocycles. The summed E-state index contributed by atoms with van der Waals surface area (Å²) < 4.78 is 5.08. The molecule has 0 saturated carbocycles. The zero-order valence-electron chi connectivity index (χ0n) is 12.0. The van der Waals surface area contributed by atoms with Gasteiger partial charge in [0.1, 0.15) is 11.5 Å². The van der Waals surface area contributed by atoms with E-state index in [1.165, 1.54) is 19.5 Å². The van der Waals surface area contributed by atoms with E-state index in [9.17, 15) is 9.90 Å². The molecule has 0 radical (unpaired) electrons. The first-order chi connectivity index (χ1) is 11.2. The molecule has 0 spiro atoms. The monoisotopic (exact) mass is 309 g/mol. The lowest BCUT2D eigenvalue weighted by molar-refractivity contribution is 0.0929. The van der Waals surface area contributed by atoms with E-state index in [0.717, 1.165) is 10.3 Å². The number of anilines is 1. The van der Waals surface area contributed by atoms with Crippen LogP contribution in [0, 0.1) is 0 Å². The number of aliphatic hydroxyl groups excluding tert-OH is 1. The Morgan fingerprint density at radius 2 is 1.91 bits per heavy atom. The molecule has 0 aromatic carbocycles. The van der Waals surface area contributed by atoms with Gasteiger partial charge in [-0.25, -0.2) is 9.97 Å². The largest absolute Gasteiger partial charge is 0.481 e. The van der Waals surface area contributed by atoms with E-state index >= 15 is 0 Å². The molecule has 3 aromatic heterocycles. The molecule has 0 fully saturated rings. The number of methoxy groups -OCH3 is 1. The van der Waals surface area contributed by atoms with Gasteiger partial charge in [-0.05, 0) is 18.2 Å². The van der Waals surface area contributed by atoms with Crippen LogP contribution in [0.2, 0.25) is 0 Å². The standard InChI is InChI=1S/C15H11N5O3/c1-23-10-5-3-8-2-4-9(18-13(8)19-10)20-14(21)11-12(15(20)22)17-7-6-16-11/h2-7,14,21H,1H3. The molecule has 0 saturated heterocycles. The van der Waals surface area contributed by atoms with Gasteiger partial charge >= 0.3 is 0 Å². The molecule has 0 bridgehead atoms. The molecule has 1 atom stereocenters. The molecule has 4 rings (SSSR count). The molecular weight excluding hydrogens is 298 g/mol. The van der Waals surface area contributed by atoms with Crippen molar-refractivity contribution < 1.29 is 14.6 Å². The Hall–Kier alpha value is -3.13. The van der Waals surface area contributed by atoms with Crippen LogP contribution in [-0.4, -0.2) is 38.1 Å². The van der Waals surface area contributed by atoms with Gasteiger partial charge in [-0.15, -0.1) is 0 Å². The number of aliphatic hydroxyl groups is 1. The molecule has 1 aliphatic rings. The van der Waals surface area contributed by atoms with E-state index in [1.807, 2.05) is 6.07 Å². The third kappa shape index (κ3) is 2.00. The second-order valence-corrected chi connectivity index (χ2v) is 4.91. The molecule has 8 heteroatoms. The number of hydrogen-bond donors (Lipinski definition) is 1. The first-order valence-corrected chi connectivity index (χ1v) is 6.83. The SMILES string of the molecule is COc1ccc2ccc(N3C(=O)c4nccnc4C3O)nc2n1. The Bertz CT molecular complexity index is 930. The summed E-state index contributed by atoms with van der Waals surface area (Å²) in [6.45, 7) is 0. The quantitative estimate of drug-likeness (QED) is 0.755. The van der Waals surface area contributed by atoms with Crippen LogP contribution in [-0.2, 0) is 0 Å². The number of pyridine rings is 2. The van der Waals surface area contributed by atoms with Crippen LogP contribution in [0.5, 0.6) is 5.88 Å². The van der Waals surface area contributed by atoms with E-state index in [0.29, 0.717) is 11.5 Å². The normalized spacial score (nSPS) is 16.7. The number of rotatable bonds is 2. The first kappa shape index (κ1) is 13.5. The maximum atomic E-state index is 12.4. The van der Waals surface area contributed by atoms with Crippen LogP contribution in [0.1, 0.15) is 22.4 Å². The molecule has 1 N–H and O–H groups in total. The van der Waals surface area contributed by atoms with Crippen LogP contribution in [0.25, 0.3) is 11.0 Å². The second kappa shape index (κ2) is 4.96. The highest BCUT2D eigenvalue weighted by molar-refractivity contribution is 6.08. The number of fused-ring (bicyclic) bond motifs is 2. The van der Waals surface area contributed by atoms with Crippen molar-refractivity contribution in [2.45, 2.75) is 6.23 Å². The fraction of sp³-hybridized carbons (Fsp3) is 0.133. The lowest BCUT2D eigenvalue weighted by Gasteiger charge is -2.19. The van der Waals surface area contributed by atoms with Crippen molar-refractivity contribution >= 4 is 22.8 Å². The third-order valence-electron chi connectivity index (χ3n) is 3.61. The maximum absolute atomic E-state index is 12.4. The molecular formula is C15H11N5O3. The minimum atomic E-state index is -1.22. The smallest absolute Gasteiger partial charge is 0.282 e. The summed E-state index contributed by atoms with van der Waals surface area (Å²) in [5, 5.41) is 11.2. The van der Waals surface area contributed by atoms with Crippen LogP contribution in [0.3, 0.4) is 0 Å². The highest BCUT2D eigenvalue weighted by Crippen LogP contribution is 2.33. The Kier molecular flexibility index (Phi) is 2.91. The van der Waals surface area contributed by atoms with Crippen LogP contribution in [0.15, 0.2) is 36.7 Å². The first-order valence-electron chi connectivity index (χ1n) is 6.83. The van der Waals surface area contributed by atoms with Gasteiger partial charge in [0, 0.05) is 23.8 Å². The van der Waals surface area contributed by atoms with Crippen molar-refractivity contribution in [2.24, 2.45) is 0 Å². The summed E-state index contributed by atoms with van der Waals surface area (Å²) in [5.74, 6) is 0.243. The number of hydrogen-bond acceptors (Lipinski definition) is 7. The van der Waals surface area contributed by atoms with Gasteiger partial charge in [0.15, 0.2) is 17.6 Å². The molecule has 4 heterocycles. The summed E-state index contributed by atoms with van der Waals surface area (Å²) in [5.41, 5.74) is 0.761.